The maximum atomic E-state index is 14.2. The first-order chi connectivity index (χ1) is 15.6. The lowest BCUT2D eigenvalue weighted by atomic mass is 9.94. The molecule has 2 atom stereocenters. The number of carbonyl (C=O) groups is 1. The third-order valence-electron chi connectivity index (χ3n) is 7.07. The van der Waals surface area contributed by atoms with Gasteiger partial charge in [-0.1, -0.05) is 0 Å². The lowest BCUT2D eigenvalue weighted by molar-refractivity contribution is 0.0399. The maximum Gasteiger partial charge on any atom is 0.321 e. The number of aromatic nitrogens is 2. The zero-order valence-corrected chi connectivity index (χ0v) is 20.1. The fraction of sp³-hybridized carbons (Fsp3) is 0.652. The van der Waals surface area contributed by atoms with E-state index < -0.39 is 11.4 Å². The molecule has 4 rings (SSSR count). The molecule has 1 saturated heterocycles. The van der Waals surface area contributed by atoms with Gasteiger partial charge in [-0.2, -0.15) is 0 Å². The van der Waals surface area contributed by atoms with Crippen LogP contribution in [0.3, 0.4) is 0 Å². The summed E-state index contributed by atoms with van der Waals surface area (Å²) in [6.45, 7) is 13.3. The highest BCUT2D eigenvalue weighted by molar-refractivity contribution is 6.11. The molecule has 9 nitrogen and oxygen atoms in total. The quantitative estimate of drug-likeness (QED) is 0.715. The number of aliphatic imine (C=N–C) groups is 1. The second-order valence-electron chi connectivity index (χ2n) is 9.71. The second-order valence-corrected chi connectivity index (χ2v) is 9.71. The number of hydrogen-bond acceptors (Lipinski definition) is 7. The van der Waals surface area contributed by atoms with E-state index in [1.165, 1.54) is 0 Å². The van der Waals surface area contributed by atoms with Gasteiger partial charge in [-0.25, -0.2) is 19.2 Å². The van der Waals surface area contributed by atoms with Crippen LogP contribution in [0.4, 0.5) is 15.0 Å². The molecule has 33 heavy (non-hydrogen) atoms. The molecule has 0 radical (unpaired) electrons. The van der Waals surface area contributed by atoms with Gasteiger partial charge >= 0.3 is 6.03 Å². The summed E-state index contributed by atoms with van der Waals surface area (Å²) < 4.78 is 14.2. The topological polar surface area (TPSA) is 97.2 Å². The molecule has 0 aliphatic carbocycles. The molecule has 10 heteroatoms. The summed E-state index contributed by atoms with van der Waals surface area (Å²) in [7, 11) is 0. The average molecular weight is 460 g/mol. The van der Waals surface area contributed by atoms with Gasteiger partial charge in [-0.3, -0.25) is 9.89 Å². The number of urea groups is 1. The van der Waals surface area contributed by atoms with E-state index in [4.69, 9.17) is 5.11 Å². The normalized spacial score (nSPS) is 24.9. The van der Waals surface area contributed by atoms with Crippen LogP contribution in [0.2, 0.25) is 0 Å². The summed E-state index contributed by atoms with van der Waals surface area (Å²) in [6.07, 6.45) is 1.88. The molecule has 0 bridgehead atoms. The number of rotatable bonds is 4. The Bertz CT molecular complexity index is 993. The predicted octanol–water partition coefficient (Wildman–Crippen LogP) is 2.04. The van der Waals surface area contributed by atoms with Crippen molar-refractivity contribution in [3.63, 3.8) is 0 Å². The number of aryl methyl sites for hydroxylation is 1. The number of halogens is 1. The van der Waals surface area contributed by atoms with Crippen LogP contribution in [0.25, 0.3) is 0 Å². The van der Waals surface area contributed by atoms with E-state index in [9.17, 15) is 9.18 Å². The van der Waals surface area contributed by atoms with Gasteiger partial charge in [0.25, 0.3) is 0 Å². The molecule has 1 aromatic heterocycles. The van der Waals surface area contributed by atoms with Gasteiger partial charge in [-0.05, 0) is 46.6 Å². The smallest absolute Gasteiger partial charge is 0.321 e. The van der Waals surface area contributed by atoms with E-state index in [0.717, 1.165) is 36.9 Å². The molecule has 0 unspecified atom stereocenters. The fourth-order valence-corrected chi connectivity index (χ4v) is 5.03. The van der Waals surface area contributed by atoms with Crippen molar-refractivity contribution in [2.75, 3.05) is 44.6 Å². The molecule has 3 aliphatic heterocycles. The summed E-state index contributed by atoms with van der Waals surface area (Å²) in [4.78, 5) is 32.5. The monoisotopic (exact) mass is 459 g/mol. The number of amides is 2. The molecule has 2 N–H and O–H groups in total. The number of anilines is 1. The molecule has 1 aromatic rings. The summed E-state index contributed by atoms with van der Waals surface area (Å²) in [5, 5.41) is 12.2. The van der Waals surface area contributed by atoms with Crippen LogP contribution in [0, 0.1) is 12.7 Å². The molecule has 0 spiro atoms. The minimum Gasteiger partial charge on any atom is -0.396 e. The highest BCUT2D eigenvalue weighted by Gasteiger charge is 2.47. The highest BCUT2D eigenvalue weighted by Crippen LogP contribution is 2.39. The molecule has 2 amide bonds. The molecule has 0 aromatic carbocycles. The van der Waals surface area contributed by atoms with E-state index in [1.807, 2.05) is 23.6 Å². The molecule has 3 aliphatic rings. The van der Waals surface area contributed by atoms with Gasteiger partial charge in [0.1, 0.15) is 11.7 Å². The number of nitrogens with zero attached hydrogens (tertiary/aromatic N) is 6. The number of aliphatic hydroxyl groups is 1. The van der Waals surface area contributed by atoms with Crippen molar-refractivity contribution < 1.29 is 14.3 Å². The Labute approximate surface area is 194 Å². The summed E-state index contributed by atoms with van der Waals surface area (Å²) >= 11 is 0. The van der Waals surface area contributed by atoms with Crippen LogP contribution in [0.15, 0.2) is 22.3 Å². The fourth-order valence-electron chi connectivity index (χ4n) is 5.03. The van der Waals surface area contributed by atoms with Crippen molar-refractivity contribution >= 4 is 17.7 Å². The van der Waals surface area contributed by atoms with E-state index in [1.54, 1.807) is 6.92 Å². The minimum atomic E-state index is -0.538. The Hall–Kier alpha value is -2.59. The number of carbonyl (C=O) groups excluding carboxylic acids is 1. The van der Waals surface area contributed by atoms with Crippen molar-refractivity contribution in [2.45, 2.75) is 58.7 Å². The predicted molar refractivity (Wildman–Crippen MR) is 125 cm³/mol. The highest BCUT2D eigenvalue weighted by atomic mass is 19.1. The summed E-state index contributed by atoms with van der Waals surface area (Å²) in [6, 6.07) is 0.312. The van der Waals surface area contributed by atoms with E-state index >= 15 is 0 Å². The SMILES string of the molecule is Cc1ncc(F)c(NC2=NCC3=C2CN(C(=O)N2C[C@@H](C)N(CCCO)C[C@@H]2C)C3(C)C)n1. The van der Waals surface area contributed by atoms with E-state index in [2.05, 4.69) is 39.0 Å². The largest absolute Gasteiger partial charge is 0.396 e. The van der Waals surface area contributed by atoms with Crippen molar-refractivity contribution in [3.8, 4) is 0 Å². The number of piperazine rings is 1. The lowest BCUT2D eigenvalue weighted by Crippen LogP contribution is -2.62. The Balaban J connectivity index is 1.48. The first-order valence-corrected chi connectivity index (χ1v) is 11.6. The van der Waals surface area contributed by atoms with Crippen molar-refractivity contribution in [2.24, 2.45) is 4.99 Å². The molecule has 0 saturated carbocycles. The summed E-state index contributed by atoms with van der Waals surface area (Å²) in [5.74, 6) is 0.598. The first-order valence-electron chi connectivity index (χ1n) is 11.6. The zero-order valence-electron chi connectivity index (χ0n) is 20.1. The van der Waals surface area contributed by atoms with Crippen molar-refractivity contribution in [1.29, 1.82) is 0 Å². The molecule has 180 valence electrons. The summed E-state index contributed by atoms with van der Waals surface area (Å²) in [5.41, 5.74) is 1.52. The van der Waals surface area contributed by atoms with Crippen LogP contribution in [-0.4, -0.2) is 98.6 Å². The zero-order chi connectivity index (χ0) is 23.9. The molecule has 4 heterocycles. The van der Waals surface area contributed by atoms with Gasteiger partial charge < -0.3 is 20.2 Å². The Morgan fingerprint density at radius 1 is 1.30 bits per heavy atom. The number of aliphatic hydroxyl groups excluding tert-OH is 1. The Kier molecular flexibility index (Phi) is 6.41. The van der Waals surface area contributed by atoms with Crippen molar-refractivity contribution in [3.05, 3.63) is 29.0 Å². The van der Waals surface area contributed by atoms with Gasteiger partial charge in [0.05, 0.1) is 24.8 Å². The molecular weight excluding hydrogens is 425 g/mol. The Morgan fingerprint density at radius 3 is 2.79 bits per heavy atom. The van der Waals surface area contributed by atoms with Crippen LogP contribution in [-0.2, 0) is 0 Å². The van der Waals surface area contributed by atoms with Crippen LogP contribution in [0.1, 0.15) is 39.9 Å². The second kappa shape index (κ2) is 8.98. The van der Waals surface area contributed by atoms with E-state index in [0.29, 0.717) is 31.3 Å². The Morgan fingerprint density at radius 2 is 2.06 bits per heavy atom. The van der Waals surface area contributed by atoms with Gasteiger partial charge in [0.15, 0.2) is 11.6 Å². The third-order valence-corrected chi connectivity index (χ3v) is 7.07. The van der Waals surface area contributed by atoms with Gasteiger partial charge in [0, 0.05) is 43.9 Å². The van der Waals surface area contributed by atoms with Crippen LogP contribution in [0.5, 0.6) is 0 Å². The average Bonchev–Trinajstić information content (AvgIpc) is 3.28. The maximum absolute atomic E-state index is 14.2. The van der Waals surface area contributed by atoms with Crippen LogP contribution < -0.4 is 5.32 Å². The third kappa shape index (κ3) is 4.33. The van der Waals surface area contributed by atoms with Crippen molar-refractivity contribution in [1.82, 2.24) is 24.7 Å². The molecule has 1 fully saturated rings. The molecular formula is C23H34FN7O2. The minimum absolute atomic E-state index is 0.0129. The number of hydrogen-bond donors (Lipinski definition) is 2. The number of nitrogens with one attached hydrogen (secondary N) is 1. The number of amidine groups is 1. The van der Waals surface area contributed by atoms with Gasteiger partial charge in [-0.15, -0.1) is 0 Å². The van der Waals surface area contributed by atoms with E-state index in [-0.39, 0.29) is 30.5 Å². The van der Waals surface area contributed by atoms with Crippen LogP contribution >= 0.6 is 0 Å². The lowest BCUT2D eigenvalue weighted by Gasteiger charge is -2.47. The standard InChI is InChI=1S/C23H34FN7O2/c1-14-12-30(15(2)11-29(14)7-6-8-32)22(33)31-13-17-18(23(31,4)5)9-26-20(17)28-21-19(24)10-25-16(3)27-21/h10,14-15,32H,6-9,11-13H2,1-5H3,(H,25,26,27,28)/t14-,15+/m1/s1. The van der Waals surface area contributed by atoms with Gasteiger partial charge in [0.2, 0.25) is 0 Å². The first kappa shape index (κ1) is 23.6.